The van der Waals surface area contributed by atoms with E-state index in [9.17, 15) is 0 Å². The molecular weight excluding hydrogens is 248 g/mol. The van der Waals surface area contributed by atoms with E-state index in [0.717, 1.165) is 17.0 Å². The van der Waals surface area contributed by atoms with Gasteiger partial charge in [-0.1, -0.05) is 24.3 Å². The Morgan fingerprint density at radius 3 is 2.50 bits per heavy atom. The summed E-state index contributed by atoms with van der Waals surface area (Å²) in [5.74, 6) is 0.857. The molecule has 0 aliphatic carbocycles. The maximum absolute atomic E-state index is 8.82. The Morgan fingerprint density at radius 1 is 1.15 bits per heavy atom. The van der Waals surface area contributed by atoms with Crippen LogP contribution in [0.15, 0.2) is 48.5 Å². The molecule has 3 nitrogen and oxygen atoms in total. The number of nitrogens with zero attached hydrogens (tertiary/aromatic N) is 1. The van der Waals surface area contributed by atoms with Gasteiger partial charge >= 0.3 is 0 Å². The highest BCUT2D eigenvalue weighted by Crippen LogP contribution is 2.28. The van der Waals surface area contributed by atoms with Gasteiger partial charge in [0.2, 0.25) is 0 Å². The Labute approximate surface area is 119 Å². The fourth-order valence-electron chi connectivity index (χ4n) is 2.03. The number of anilines is 1. The van der Waals surface area contributed by atoms with Gasteiger partial charge in [0.25, 0.3) is 0 Å². The van der Waals surface area contributed by atoms with Crippen LogP contribution >= 0.6 is 0 Å². The number of rotatable bonds is 5. The first kappa shape index (κ1) is 14.0. The zero-order chi connectivity index (χ0) is 14.4. The molecule has 0 radical (unpaired) electrons. The molecule has 0 aliphatic heterocycles. The van der Waals surface area contributed by atoms with Gasteiger partial charge in [0.15, 0.2) is 0 Å². The van der Waals surface area contributed by atoms with Gasteiger partial charge in [-0.2, -0.15) is 5.26 Å². The van der Waals surface area contributed by atoms with Crippen LogP contribution in [0.4, 0.5) is 5.69 Å². The molecule has 0 saturated carbocycles. The number of hydrogen-bond acceptors (Lipinski definition) is 3. The van der Waals surface area contributed by atoms with E-state index < -0.39 is 0 Å². The minimum atomic E-state index is 0.143. The summed E-state index contributed by atoms with van der Waals surface area (Å²) >= 11 is 0. The van der Waals surface area contributed by atoms with Crippen molar-refractivity contribution in [3.8, 4) is 11.8 Å². The average molecular weight is 266 g/mol. The molecule has 0 amide bonds. The Kier molecular flexibility index (Phi) is 4.62. The lowest BCUT2D eigenvalue weighted by molar-refractivity contribution is 0.341. The Morgan fingerprint density at radius 2 is 1.85 bits per heavy atom. The van der Waals surface area contributed by atoms with Crippen molar-refractivity contribution in [1.29, 1.82) is 5.26 Å². The van der Waals surface area contributed by atoms with Gasteiger partial charge in [0, 0.05) is 6.04 Å². The summed E-state index contributed by atoms with van der Waals surface area (Å²) in [5.41, 5.74) is 2.79. The summed E-state index contributed by atoms with van der Waals surface area (Å²) in [6.45, 7) is 4.70. The average Bonchev–Trinajstić information content (AvgIpc) is 2.49. The molecule has 1 N–H and O–H groups in total. The first-order valence-electron chi connectivity index (χ1n) is 6.73. The van der Waals surface area contributed by atoms with Crippen molar-refractivity contribution < 1.29 is 4.74 Å². The van der Waals surface area contributed by atoms with Crippen LogP contribution in [0.3, 0.4) is 0 Å². The van der Waals surface area contributed by atoms with Crippen molar-refractivity contribution in [1.82, 2.24) is 0 Å². The van der Waals surface area contributed by atoms with Gasteiger partial charge in [-0.15, -0.1) is 0 Å². The highest BCUT2D eigenvalue weighted by molar-refractivity contribution is 5.57. The zero-order valence-corrected chi connectivity index (χ0v) is 11.8. The van der Waals surface area contributed by atoms with Crippen molar-refractivity contribution in [2.45, 2.75) is 19.9 Å². The molecule has 102 valence electrons. The van der Waals surface area contributed by atoms with E-state index in [0.29, 0.717) is 12.2 Å². The quantitative estimate of drug-likeness (QED) is 0.885. The van der Waals surface area contributed by atoms with Crippen molar-refractivity contribution >= 4 is 5.69 Å². The minimum absolute atomic E-state index is 0.143. The third-order valence-electron chi connectivity index (χ3n) is 3.10. The molecule has 20 heavy (non-hydrogen) atoms. The van der Waals surface area contributed by atoms with Gasteiger partial charge in [-0.25, -0.2) is 0 Å². The van der Waals surface area contributed by atoms with Crippen molar-refractivity contribution in [2.75, 3.05) is 11.9 Å². The second-order valence-electron chi connectivity index (χ2n) is 4.53. The van der Waals surface area contributed by atoms with Gasteiger partial charge in [0.05, 0.1) is 23.9 Å². The minimum Gasteiger partial charge on any atom is -0.492 e. The smallest absolute Gasteiger partial charge is 0.142 e. The third-order valence-corrected chi connectivity index (χ3v) is 3.10. The Balaban J connectivity index is 2.14. The van der Waals surface area contributed by atoms with E-state index in [1.807, 2.05) is 55.5 Å². The number of ether oxygens (including phenoxy) is 1. The normalized spacial score (nSPS) is 11.4. The number of hydrogen-bond donors (Lipinski definition) is 1. The molecule has 2 aromatic rings. The largest absolute Gasteiger partial charge is 0.492 e. The van der Waals surface area contributed by atoms with Gasteiger partial charge < -0.3 is 10.1 Å². The first-order chi connectivity index (χ1) is 9.74. The maximum atomic E-state index is 8.82. The highest BCUT2D eigenvalue weighted by Gasteiger charge is 2.08. The van der Waals surface area contributed by atoms with E-state index in [2.05, 4.69) is 18.3 Å². The molecule has 1 unspecified atom stereocenters. The number of nitriles is 1. The first-order valence-corrected chi connectivity index (χ1v) is 6.73. The van der Waals surface area contributed by atoms with Crippen molar-refractivity contribution in [2.24, 2.45) is 0 Å². The lowest BCUT2D eigenvalue weighted by Crippen LogP contribution is -2.08. The molecule has 1 atom stereocenters. The lowest BCUT2D eigenvalue weighted by atomic mass is 10.1. The van der Waals surface area contributed by atoms with E-state index in [4.69, 9.17) is 10.00 Å². The molecule has 0 heterocycles. The van der Waals surface area contributed by atoms with Crippen LogP contribution in [0.2, 0.25) is 0 Å². The standard InChI is InChI=1S/C17H18N2O/c1-3-20-17-7-5-4-6-16(17)19-13(2)15-10-8-14(12-18)9-11-15/h4-11,13,19H,3H2,1-2H3. The molecule has 2 rings (SSSR count). The SMILES string of the molecule is CCOc1ccccc1NC(C)c1ccc(C#N)cc1. The molecule has 0 aliphatic rings. The summed E-state index contributed by atoms with van der Waals surface area (Å²) in [7, 11) is 0. The topological polar surface area (TPSA) is 45.0 Å². The van der Waals surface area contributed by atoms with E-state index >= 15 is 0 Å². The van der Waals surface area contributed by atoms with E-state index in [-0.39, 0.29) is 6.04 Å². The van der Waals surface area contributed by atoms with E-state index in [1.165, 1.54) is 0 Å². The monoisotopic (exact) mass is 266 g/mol. The molecule has 0 aromatic heterocycles. The Hall–Kier alpha value is -2.47. The number of nitrogens with one attached hydrogen (secondary N) is 1. The fraction of sp³-hybridized carbons (Fsp3) is 0.235. The molecule has 2 aromatic carbocycles. The number of para-hydroxylation sites is 2. The predicted molar refractivity (Wildman–Crippen MR) is 80.8 cm³/mol. The molecule has 3 heteroatoms. The van der Waals surface area contributed by atoms with Gasteiger partial charge in [-0.3, -0.25) is 0 Å². The second kappa shape index (κ2) is 6.63. The van der Waals surface area contributed by atoms with Gasteiger partial charge in [0.1, 0.15) is 5.75 Å². The molecular formula is C17H18N2O. The van der Waals surface area contributed by atoms with Crippen LogP contribution in [0.5, 0.6) is 5.75 Å². The van der Waals surface area contributed by atoms with Crippen molar-refractivity contribution in [3.05, 3.63) is 59.7 Å². The van der Waals surface area contributed by atoms with Crippen molar-refractivity contribution in [3.63, 3.8) is 0 Å². The van der Waals surface area contributed by atoms with E-state index in [1.54, 1.807) is 0 Å². The molecule has 0 spiro atoms. The lowest BCUT2D eigenvalue weighted by Gasteiger charge is -2.18. The summed E-state index contributed by atoms with van der Waals surface area (Å²) in [4.78, 5) is 0. The van der Waals surface area contributed by atoms with Crippen LogP contribution in [0.25, 0.3) is 0 Å². The van der Waals surface area contributed by atoms with Gasteiger partial charge in [-0.05, 0) is 43.7 Å². The maximum Gasteiger partial charge on any atom is 0.142 e. The summed E-state index contributed by atoms with van der Waals surface area (Å²) in [6.07, 6.45) is 0. The predicted octanol–water partition coefficient (Wildman–Crippen LogP) is 4.13. The van der Waals surface area contributed by atoms with Crippen LogP contribution < -0.4 is 10.1 Å². The van der Waals surface area contributed by atoms with Crippen LogP contribution in [0.1, 0.15) is 31.0 Å². The molecule has 0 saturated heterocycles. The third kappa shape index (κ3) is 3.30. The number of benzene rings is 2. The fourth-order valence-corrected chi connectivity index (χ4v) is 2.03. The van der Waals surface area contributed by atoms with Crippen LogP contribution in [-0.4, -0.2) is 6.61 Å². The van der Waals surface area contributed by atoms with Crippen LogP contribution in [-0.2, 0) is 0 Å². The Bertz CT molecular complexity index is 599. The summed E-state index contributed by atoms with van der Waals surface area (Å²) < 4.78 is 5.60. The zero-order valence-electron chi connectivity index (χ0n) is 11.8. The summed E-state index contributed by atoms with van der Waals surface area (Å²) in [5, 5.41) is 12.3. The van der Waals surface area contributed by atoms with Crippen LogP contribution in [0, 0.1) is 11.3 Å². The molecule has 0 fully saturated rings. The molecule has 0 bridgehead atoms. The highest BCUT2D eigenvalue weighted by atomic mass is 16.5. The summed E-state index contributed by atoms with van der Waals surface area (Å²) in [6, 6.07) is 17.8. The second-order valence-corrected chi connectivity index (χ2v) is 4.53.